The largest absolute Gasteiger partial charge is 0.482 e. The van der Waals surface area contributed by atoms with E-state index in [1.807, 2.05) is 43.3 Å². The molecule has 0 aromatic heterocycles. The van der Waals surface area contributed by atoms with Crippen LogP contribution >= 0.6 is 0 Å². The summed E-state index contributed by atoms with van der Waals surface area (Å²) in [5.41, 5.74) is 3.54. The first-order valence-electron chi connectivity index (χ1n) is 10.4. The molecule has 0 aliphatic carbocycles. The Morgan fingerprint density at radius 1 is 0.967 bits per heavy atom. The highest BCUT2D eigenvalue weighted by Gasteiger charge is 2.22. The van der Waals surface area contributed by atoms with Crippen molar-refractivity contribution in [3.05, 3.63) is 59.7 Å². The minimum Gasteiger partial charge on any atom is -0.482 e. The van der Waals surface area contributed by atoms with Gasteiger partial charge in [0.1, 0.15) is 5.75 Å². The molecular weight excluding hydrogens is 380 g/mol. The predicted molar refractivity (Wildman–Crippen MR) is 117 cm³/mol. The Kier molecular flexibility index (Phi) is 7.33. The number of amides is 1. The zero-order valence-corrected chi connectivity index (χ0v) is 18.0. The number of para-hydroxylation sites is 1. The molecule has 0 radical (unpaired) electrons. The van der Waals surface area contributed by atoms with E-state index in [9.17, 15) is 9.59 Å². The van der Waals surface area contributed by atoms with E-state index in [0.29, 0.717) is 24.8 Å². The van der Waals surface area contributed by atoms with Gasteiger partial charge in [-0.05, 0) is 48.2 Å². The van der Waals surface area contributed by atoms with Crippen LogP contribution in [0, 0.1) is 6.92 Å². The Hall–Kier alpha value is -3.02. The summed E-state index contributed by atoms with van der Waals surface area (Å²) in [4.78, 5) is 28.3. The summed E-state index contributed by atoms with van der Waals surface area (Å²) in [5, 5.41) is 0. The van der Waals surface area contributed by atoms with Crippen LogP contribution in [0.1, 0.15) is 30.9 Å². The van der Waals surface area contributed by atoms with Crippen LogP contribution in [0.3, 0.4) is 0 Å². The van der Waals surface area contributed by atoms with Gasteiger partial charge in [-0.15, -0.1) is 0 Å². The van der Waals surface area contributed by atoms with Crippen LogP contribution in [0.4, 0.5) is 5.69 Å². The quantitative estimate of drug-likeness (QED) is 0.655. The van der Waals surface area contributed by atoms with Gasteiger partial charge in [-0.2, -0.15) is 0 Å². The second-order valence-electron chi connectivity index (χ2n) is 7.83. The normalized spacial score (nSPS) is 14.0. The first kappa shape index (κ1) is 21.7. The zero-order valence-electron chi connectivity index (χ0n) is 18.0. The van der Waals surface area contributed by atoms with Crippen LogP contribution in [-0.2, 0) is 14.3 Å². The van der Waals surface area contributed by atoms with Gasteiger partial charge >= 0.3 is 5.97 Å². The highest BCUT2D eigenvalue weighted by atomic mass is 16.6. The third-order valence-electron chi connectivity index (χ3n) is 5.33. The SMILES string of the molecule is Cc1cc(OCC(=O)OCC(=O)N2CCN(c3ccccc3)CC2)ccc1C(C)C. The molecule has 3 rings (SSSR count). The van der Waals surface area contributed by atoms with Gasteiger partial charge in [0.25, 0.3) is 5.91 Å². The molecule has 6 heteroatoms. The molecule has 0 atom stereocenters. The molecule has 0 N–H and O–H groups in total. The maximum atomic E-state index is 12.4. The molecule has 0 unspecified atom stereocenters. The summed E-state index contributed by atoms with van der Waals surface area (Å²) < 4.78 is 10.6. The number of benzene rings is 2. The number of carbonyl (C=O) groups excluding carboxylic acids is 2. The van der Waals surface area contributed by atoms with E-state index in [1.54, 1.807) is 4.90 Å². The van der Waals surface area contributed by atoms with E-state index in [0.717, 1.165) is 24.3 Å². The number of nitrogens with zero attached hydrogens (tertiary/aromatic N) is 2. The highest BCUT2D eigenvalue weighted by molar-refractivity contribution is 5.81. The van der Waals surface area contributed by atoms with Crippen LogP contribution in [0.2, 0.25) is 0 Å². The van der Waals surface area contributed by atoms with Gasteiger partial charge in [-0.25, -0.2) is 4.79 Å². The Balaban J connectivity index is 1.39. The van der Waals surface area contributed by atoms with Crippen molar-refractivity contribution in [2.75, 3.05) is 44.3 Å². The average molecular weight is 411 g/mol. The fourth-order valence-electron chi connectivity index (χ4n) is 3.66. The molecule has 2 aromatic carbocycles. The van der Waals surface area contributed by atoms with Gasteiger partial charge in [0, 0.05) is 31.9 Å². The van der Waals surface area contributed by atoms with Gasteiger partial charge in [-0.3, -0.25) is 4.79 Å². The molecule has 6 nitrogen and oxygen atoms in total. The van der Waals surface area contributed by atoms with Crippen LogP contribution < -0.4 is 9.64 Å². The molecule has 1 fully saturated rings. The fourth-order valence-corrected chi connectivity index (χ4v) is 3.66. The van der Waals surface area contributed by atoms with Crippen molar-refractivity contribution < 1.29 is 19.1 Å². The van der Waals surface area contributed by atoms with Crippen molar-refractivity contribution in [1.29, 1.82) is 0 Å². The lowest BCUT2D eigenvalue weighted by atomic mass is 9.98. The summed E-state index contributed by atoms with van der Waals surface area (Å²) >= 11 is 0. The molecule has 30 heavy (non-hydrogen) atoms. The van der Waals surface area contributed by atoms with Crippen molar-refractivity contribution in [3.8, 4) is 5.75 Å². The number of carbonyl (C=O) groups is 2. The fraction of sp³-hybridized carbons (Fsp3) is 0.417. The molecule has 2 aromatic rings. The summed E-state index contributed by atoms with van der Waals surface area (Å²) in [7, 11) is 0. The van der Waals surface area contributed by atoms with Gasteiger partial charge in [0.05, 0.1) is 0 Å². The van der Waals surface area contributed by atoms with E-state index < -0.39 is 5.97 Å². The third kappa shape index (κ3) is 5.75. The monoisotopic (exact) mass is 410 g/mol. The van der Waals surface area contributed by atoms with E-state index in [-0.39, 0.29) is 19.1 Å². The van der Waals surface area contributed by atoms with Crippen LogP contribution in [0.15, 0.2) is 48.5 Å². The lowest BCUT2D eigenvalue weighted by molar-refractivity contribution is -0.153. The number of ether oxygens (including phenoxy) is 2. The van der Waals surface area contributed by atoms with Crippen molar-refractivity contribution >= 4 is 17.6 Å². The number of anilines is 1. The Morgan fingerprint density at radius 3 is 2.30 bits per heavy atom. The van der Waals surface area contributed by atoms with Gasteiger partial charge in [-0.1, -0.05) is 38.1 Å². The highest BCUT2D eigenvalue weighted by Crippen LogP contribution is 2.23. The molecule has 0 spiro atoms. The lowest BCUT2D eigenvalue weighted by Gasteiger charge is -2.36. The second kappa shape index (κ2) is 10.1. The predicted octanol–water partition coefficient (Wildman–Crippen LogP) is 3.39. The summed E-state index contributed by atoms with van der Waals surface area (Å²) in [5.74, 6) is 0.340. The standard InChI is InChI=1S/C24H30N2O4/c1-18(2)22-10-9-21(15-19(22)3)29-17-24(28)30-16-23(27)26-13-11-25(12-14-26)20-7-5-4-6-8-20/h4-10,15,18H,11-14,16-17H2,1-3H3. The number of aryl methyl sites for hydroxylation is 1. The smallest absolute Gasteiger partial charge is 0.344 e. The van der Waals surface area contributed by atoms with Crippen LogP contribution in [0.5, 0.6) is 5.75 Å². The number of piperazine rings is 1. The van der Waals surface area contributed by atoms with Gasteiger partial charge in [0.2, 0.25) is 0 Å². The summed E-state index contributed by atoms with van der Waals surface area (Å²) in [6, 6.07) is 15.9. The van der Waals surface area contributed by atoms with E-state index in [1.165, 1.54) is 5.56 Å². The van der Waals surface area contributed by atoms with E-state index in [2.05, 4.69) is 30.9 Å². The molecule has 1 aliphatic heterocycles. The summed E-state index contributed by atoms with van der Waals surface area (Å²) in [6.45, 7) is 8.59. The molecule has 160 valence electrons. The molecule has 0 saturated carbocycles. The topological polar surface area (TPSA) is 59.1 Å². The summed E-state index contributed by atoms with van der Waals surface area (Å²) in [6.07, 6.45) is 0. The lowest BCUT2D eigenvalue weighted by Crippen LogP contribution is -2.50. The van der Waals surface area contributed by atoms with E-state index in [4.69, 9.17) is 9.47 Å². The minimum atomic E-state index is -0.545. The molecular formula is C24H30N2O4. The molecule has 1 aliphatic rings. The molecule has 0 bridgehead atoms. The molecule has 1 saturated heterocycles. The van der Waals surface area contributed by atoms with Crippen molar-refractivity contribution in [3.63, 3.8) is 0 Å². The Bertz CT molecular complexity index is 859. The minimum absolute atomic E-state index is 0.173. The Morgan fingerprint density at radius 2 is 1.67 bits per heavy atom. The van der Waals surface area contributed by atoms with Gasteiger partial charge < -0.3 is 19.3 Å². The second-order valence-corrected chi connectivity index (χ2v) is 7.83. The third-order valence-corrected chi connectivity index (χ3v) is 5.33. The van der Waals surface area contributed by atoms with Crippen molar-refractivity contribution in [2.45, 2.75) is 26.7 Å². The first-order chi connectivity index (χ1) is 14.4. The van der Waals surface area contributed by atoms with Crippen molar-refractivity contribution in [2.24, 2.45) is 0 Å². The van der Waals surface area contributed by atoms with E-state index >= 15 is 0 Å². The van der Waals surface area contributed by atoms with Crippen LogP contribution in [0.25, 0.3) is 0 Å². The maximum absolute atomic E-state index is 12.4. The number of hydrogen-bond donors (Lipinski definition) is 0. The number of esters is 1. The zero-order chi connectivity index (χ0) is 21.5. The first-order valence-corrected chi connectivity index (χ1v) is 10.4. The van der Waals surface area contributed by atoms with Gasteiger partial charge in [0.15, 0.2) is 13.2 Å². The molecule has 1 amide bonds. The van der Waals surface area contributed by atoms with Crippen molar-refractivity contribution in [1.82, 2.24) is 4.90 Å². The average Bonchev–Trinajstić information content (AvgIpc) is 2.76. The van der Waals surface area contributed by atoms with Crippen LogP contribution in [-0.4, -0.2) is 56.2 Å². The number of hydrogen-bond acceptors (Lipinski definition) is 5. The Labute approximate surface area is 178 Å². The number of rotatable bonds is 7. The maximum Gasteiger partial charge on any atom is 0.344 e. The molecule has 1 heterocycles.